The first-order valence-electron chi connectivity index (χ1n) is 6.14. The molecule has 0 atom stereocenters. The normalized spacial score (nSPS) is 10.4. The van der Waals surface area contributed by atoms with Crippen molar-refractivity contribution in [3.63, 3.8) is 0 Å². The van der Waals surface area contributed by atoms with Gasteiger partial charge in [0.05, 0.1) is 19.4 Å². The molecule has 0 radical (unpaired) electrons. The van der Waals surface area contributed by atoms with E-state index in [-0.39, 0.29) is 5.69 Å². The van der Waals surface area contributed by atoms with Crippen LogP contribution in [-0.4, -0.2) is 24.1 Å². The fourth-order valence-corrected chi connectivity index (χ4v) is 1.61. The minimum Gasteiger partial charge on any atom is -0.467 e. The lowest BCUT2D eigenvalue weighted by atomic mass is 10.4. The zero-order valence-corrected chi connectivity index (χ0v) is 11.0. The third-order valence-corrected chi connectivity index (χ3v) is 2.56. The standard InChI is InChI=1S/C13H16N2O4/c1-3-15(8-10-6-5-7-18-10)13-14-11(9-19-13)12(16)17-4-2/h5-7,9H,3-4,8H2,1-2H3. The number of nitrogens with zero attached hydrogens (tertiary/aromatic N) is 2. The lowest BCUT2D eigenvalue weighted by Crippen LogP contribution is -2.22. The Morgan fingerprint density at radius 1 is 1.42 bits per heavy atom. The van der Waals surface area contributed by atoms with Crippen molar-refractivity contribution in [3.8, 4) is 0 Å². The van der Waals surface area contributed by atoms with Crippen molar-refractivity contribution in [2.45, 2.75) is 20.4 Å². The molecule has 0 unspecified atom stereocenters. The van der Waals surface area contributed by atoms with Crippen molar-refractivity contribution in [2.24, 2.45) is 0 Å². The van der Waals surface area contributed by atoms with Crippen molar-refractivity contribution in [1.29, 1.82) is 0 Å². The fourth-order valence-electron chi connectivity index (χ4n) is 1.61. The first-order chi connectivity index (χ1) is 9.24. The molecule has 2 aromatic heterocycles. The van der Waals surface area contributed by atoms with E-state index in [4.69, 9.17) is 13.6 Å². The molecule has 0 saturated heterocycles. The lowest BCUT2D eigenvalue weighted by Gasteiger charge is -2.16. The van der Waals surface area contributed by atoms with Gasteiger partial charge < -0.3 is 18.5 Å². The summed E-state index contributed by atoms with van der Waals surface area (Å²) >= 11 is 0. The minimum absolute atomic E-state index is 0.176. The first-order valence-corrected chi connectivity index (χ1v) is 6.14. The number of ether oxygens (including phenoxy) is 1. The molecule has 0 aromatic carbocycles. The second-order valence-corrected chi connectivity index (χ2v) is 3.83. The molecule has 2 heterocycles. The van der Waals surface area contributed by atoms with Crippen LogP contribution in [0.3, 0.4) is 0 Å². The van der Waals surface area contributed by atoms with Crippen LogP contribution in [0.15, 0.2) is 33.5 Å². The lowest BCUT2D eigenvalue weighted by molar-refractivity contribution is 0.0519. The van der Waals surface area contributed by atoms with Crippen LogP contribution in [0.25, 0.3) is 0 Å². The maximum absolute atomic E-state index is 11.5. The number of carbonyl (C=O) groups excluding carboxylic acids is 1. The molecule has 102 valence electrons. The van der Waals surface area contributed by atoms with Crippen LogP contribution in [-0.2, 0) is 11.3 Å². The third kappa shape index (κ3) is 3.15. The van der Waals surface area contributed by atoms with Gasteiger partial charge in [0.1, 0.15) is 12.0 Å². The summed E-state index contributed by atoms with van der Waals surface area (Å²) in [4.78, 5) is 17.5. The number of hydrogen-bond acceptors (Lipinski definition) is 6. The van der Waals surface area contributed by atoms with E-state index in [0.717, 1.165) is 5.76 Å². The number of oxazole rings is 1. The predicted octanol–water partition coefficient (Wildman–Crippen LogP) is 2.47. The van der Waals surface area contributed by atoms with Crippen molar-refractivity contribution >= 4 is 12.0 Å². The van der Waals surface area contributed by atoms with E-state index in [1.165, 1.54) is 6.26 Å². The summed E-state index contributed by atoms with van der Waals surface area (Å²) in [7, 11) is 0. The number of anilines is 1. The smallest absolute Gasteiger partial charge is 0.360 e. The molecule has 0 aliphatic rings. The van der Waals surface area contributed by atoms with Gasteiger partial charge in [-0.3, -0.25) is 0 Å². The summed E-state index contributed by atoms with van der Waals surface area (Å²) < 4.78 is 15.4. The quantitative estimate of drug-likeness (QED) is 0.746. The van der Waals surface area contributed by atoms with Gasteiger partial charge in [0.2, 0.25) is 0 Å². The molecule has 2 rings (SSSR count). The molecule has 0 bridgehead atoms. The number of rotatable bonds is 6. The van der Waals surface area contributed by atoms with Gasteiger partial charge in [0.15, 0.2) is 5.69 Å². The van der Waals surface area contributed by atoms with Crippen molar-refractivity contribution in [1.82, 2.24) is 4.98 Å². The minimum atomic E-state index is -0.480. The van der Waals surface area contributed by atoms with E-state index < -0.39 is 5.97 Å². The summed E-state index contributed by atoms with van der Waals surface area (Å²) in [6.45, 7) is 5.24. The second-order valence-electron chi connectivity index (χ2n) is 3.83. The molecule has 0 amide bonds. The number of esters is 1. The molecule has 2 aromatic rings. The first kappa shape index (κ1) is 13.2. The number of aromatic nitrogens is 1. The zero-order valence-electron chi connectivity index (χ0n) is 11.0. The molecule has 19 heavy (non-hydrogen) atoms. The molecule has 0 aliphatic heterocycles. The number of hydrogen-bond donors (Lipinski definition) is 0. The SMILES string of the molecule is CCOC(=O)c1coc(N(CC)Cc2ccco2)n1. The Kier molecular flexibility index (Phi) is 4.22. The van der Waals surface area contributed by atoms with Crippen LogP contribution in [0.2, 0.25) is 0 Å². The van der Waals surface area contributed by atoms with Gasteiger partial charge in [-0.15, -0.1) is 0 Å². The Balaban J connectivity index is 2.09. The van der Waals surface area contributed by atoms with E-state index in [9.17, 15) is 4.79 Å². The molecule has 0 aliphatic carbocycles. The highest BCUT2D eigenvalue weighted by atomic mass is 16.5. The van der Waals surface area contributed by atoms with Gasteiger partial charge >= 0.3 is 5.97 Å². The predicted molar refractivity (Wildman–Crippen MR) is 67.9 cm³/mol. The van der Waals surface area contributed by atoms with Crippen molar-refractivity contribution in [3.05, 3.63) is 36.1 Å². The van der Waals surface area contributed by atoms with Gasteiger partial charge in [-0.2, -0.15) is 4.98 Å². The highest BCUT2D eigenvalue weighted by molar-refractivity contribution is 5.87. The van der Waals surface area contributed by atoms with Crippen LogP contribution < -0.4 is 4.90 Å². The summed E-state index contributed by atoms with van der Waals surface area (Å²) in [6, 6.07) is 4.07. The highest BCUT2D eigenvalue weighted by Gasteiger charge is 2.17. The Bertz CT molecular complexity index is 518. The third-order valence-electron chi connectivity index (χ3n) is 2.56. The summed E-state index contributed by atoms with van der Waals surface area (Å²) in [6.07, 6.45) is 2.92. The Labute approximate surface area is 111 Å². The topological polar surface area (TPSA) is 68.7 Å². The molecule has 6 heteroatoms. The number of carbonyl (C=O) groups is 1. The van der Waals surface area contributed by atoms with Crippen LogP contribution in [0.1, 0.15) is 30.1 Å². The summed E-state index contributed by atoms with van der Waals surface area (Å²) in [5.74, 6) is 0.323. The Morgan fingerprint density at radius 3 is 2.89 bits per heavy atom. The van der Waals surface area contributed by atoms with Crippen LogP contribution in [0.4, 0.5) is 6.01 Å². The average molecular weight is 264 g/mol. The van der Waals surface area contributed by atoms with Crippen LogP contribution >= 0.6 is 0 Å². The van der Waals surface area contributed by atoms with Gasteiger partial charge in [-0.25, -0.2) is 4.79 Å². The second kappa shape index (κ2) is 6.08. The van der Waals surface area contributed by atoms with Gasteiger partial charge in [-0.1, -0.05) is 0 Å². The van der Waals surface area contributed by atoms with E-state index in [1.807, 2.05) is 24.0 Å². The highest BCUT2D eigenvalue weighted by Crippen LogP contribution is 2.17. The molecule has 6 nitrogen and oxygen atoms in total. The molecular weight excluding hydrogens is 248 g/mol. The van der Waals surface area contributed by atoms with Gasteiger partial charge in [0, 0.05) is 6.54 Å². The van der Waals surface area contributed by atoms with E-state index in [2.05, 4.69) is 4.98 Å². The van der Waals surface area contributed by atoms with E-state index in [0.29, 0.717) is 25.7 Å². The maximum atomic E-state index is 11.5. The summed E-state index contributed by atoms with van der Waals surface area (Å²) in [5.41, 5.74) is 0.176. The van der Waals surface area contributed by atoms with Gasteiger partial charge in [-0.05, 0) is 26.0 Å². The van der Waals surface area contributed by atoms with Gasteiger partial charge in [0.25, 0.3) is 6.01 Å². The van der Waals surface area contributed by atoms with E-state index in [1.54, 1.807) is 13.2 Å². The molecule has 0 saturated carbocycles. The Morgan fingerprint density at radius 2 is 2.26 bits per heavy atom. The van der Waals surface area contributed by atoms with E-state index >= 15 is 0 Å². The largest absolute Gasteiger partial charge is 0.467 e. The average Bonchev–Trinajstić information content (AvgIpc) is 3.07. The molecule has 0 fully saturated rings. The van der Waals surface area contributed by atoms with Crippen LogP contribution in [0, 0.1) is 0 Å². The zero-order chi connectivity index (χ0) is 13.7. The monoisotopic (exact) mass is 264 g/mol. The Hall–Kier alpha value is -2.24. The van der Waals surface area contributed by atoms with Crippen LogP contribution in [0.5, 0.6) is 0 Å². The summed E-state index contributed by atoms with van der Waals surface area (Å²) in [5, 5.41) is 0. The fraction of sp³-hybridized carbons (Fsp3) is 0.385. The van der Waals surface area contributed by atoms with Crippen molar-refractivity contribution < 1.29 is 18.4 Å². The number of furan rings is 1. The van der Waals surface area contributed by atoms with Crippen molar-refractivity contribution in [2.75, 3.05) is 18.1 Å². The molecular formula is C13H16N2O4. The molecule has 0 spiro atoms. The molecule has 0 N–H and O–H groups in total. The maximum Gasteiger partial charge on any atom is 0.360 e.